The van der Waals surface area contributed by atoms with Crippen molar-refractivity contribution in [3.8, 4) is 0 Å². The van der Waals surface area contributed by atoms with Gasteiger partial charge in [0.2, 0.25) is 0 Å². The quantitative estimate of drug-likeness (QED) is 0.842. The molecule has 17 heavy (non-hydrogen) atoms. The molecule has 1 aromatic heterocycles. The lowest BCUT2D eigenvalue weighted by Crippen LogP contribution is -2.48. The van der Waals surface area contributed by atoms with Crippen LogP contribution in [0.25, 0.3) is 0 Å². The summed E-state index contributed by atoms with van der Waals surface area (Å²) in [6, 6.07) is 2.54. The van der Waals surface area contributed by atoms with Crippen LogP contribution in [-0.2, 0) is 4.74 Å². The number of anilines is 2. The minimum absolute atomic E-state index is 0.285. The summed E-state index contributed by atoms with van der Waals surface area (Å²) in [4.78, 5) is 2.55. The van der Waals surface area contributed by atoms with Crippen molar-refractivity contribution in [3.05, 3.63) is 6.07 Å². The fourth-order valence-corrected chi connectivity index (χ4v) is 3.17. The highest BCUT2D eigenvalue weighted by molar-refractivity contribution is 7.10. The van der Waals surface area contributed by atoms with E-state index in [1.54, 1.807) is 0 Å². The first kappa shape index (κ1) is 11.3. The Kier molecular flexibility index (Phi) is 3.17. The highest BCUT2D eigenvalue weighted by Crippen LogP contribution is 2.23. The molecule has 0 bridgehead atoms. The van der Waals surface area contributed by atoms with E-state index in [4.69, 9.17) is 10.5 Å². The summed E-state index contributed by atoms with van der Waals surface area (Å²) >= 11 is 1.40. The lowest BCUT2D eigenvalue weighted by atomic mass is 10.2. The molecule has 2 aliphatic rings. The first-order valence-corrected chi connectivity index (χ1v) is 6.90. The van der Waals surface area contributed by atoms with E-state index in [0.29, 0.717) is 11.9 Å². The van der Waals surface area contributed by atoms with Crippen LogP contribution in [0.4, 0.5) is 10.8 Å². The van der Waals surface area contributed by atoms with Crippen molar-refractivity contribution in [2.75, 3.05) is 37.3 Å². The summed E-state index contributed by atoms with van der Waals surface area (Å²) in [6.07, 6.45) is 2.90. The molecular weight excluding hydrogens is 236 g/mol. The van der Waals surface area contributed by atoms with E-state index in [0.717, 1.165) is 24.7 Å². The molecule has 0 spiro atoms. The Hall–Kier alpha value is -0.850. The molecule has 1 aromatic rings. The van der Waals surface area contributed by atoms with E-state index >= 15 is 0 Å². The Morgan fingerprint density at radius 1 is 1.65 bits per heavy atom. The van der Waals surface area contributed by atoms with Crippen molar-refractivity contribution >= 4 is 22.4 Å². The smallest absolute Gasteiger partial charge is 0.139 e. The van der Waals surface area contributed by atoms with E-state index in [1.165, 1.54) is 30.9 Å². The summed E-state index contributed by atoms with van der Waals surface area (Å²) < 4.78 is 9.91. The number of nitrogen functional groups attached to an aromatic ring is 1. The van der Waals surface area contributed by atoms with Gasteiger partial charge >= 0.3 is 0 Å². The van der Waals surface area contributed by atoms with Gasteiger partial charge in [0.15, 0.2) is 0 Å². The van der Waals surface area contributed by atoms with Gasteiger partial charge in [0.1, 0.15) is 10.8 Å². The van der Waals surface area contributed by atoms with E-state index in [2.05, 4.69) is 14.6 Å². The van der Waals surface area contributed by atoms with E-state index in [1.807, 2.05) is 6.07 Å². The summed E-state index contributed by atoms with van der Waals surface area (Å²) in [5, 5.41) is 4.36. The van der Waals surface area contributed by atoms with Gasteiger partial charge in [-0.3, -0.25) is 4.90 Å². The number of nitrogens with zero attached hydrogens (tertiary/aromatic N) is 2. The maximum Gasteiger partial charge on any atom is 0.139 e. The highest BCUT2D eigenvalue weighted by atomic mass is 32.1. The second-order valence-electron chi connectivity index (χ2n) is 4.74. The predicted molar refractivity (Wildman–Crippen MR) is 69.4 cm³/mol. The fraction of sp³-hybridized carbons (Fsp3) is 0.727. The van der Waals surface area contributed by atoms with Crippen molar-refractivity contribution < 1.29 is 4.74 Å². The summed E-state index contributed by atoms with van der Waals surface area (Å²) in [5.74, 6) is 0.585. The van der Waals surface area contributed by atoms with Crippen LogP contribution in [0.15, 0.2) is 6.07 Å². The van der Waals surface area contributed by atoms with Crippen LogP contribution in [0.2, 0.25) is 0 Å². The van der Waals surface area contributed by atoms with Crippen molar-refractivity contribution in [2.45, 2.75) is 25.0 Å². The zero-order valence-electron chi connectivity index (χ0n) is 9.76. The Bertz CT molecular complexity index is 383. The Labute approximate surface area is 105 Å². The SMILES string of the molecule is Nc1cc(NCC2CN3CCCC3CO2)sn1. The first-order chi connectivity index (χ1) is 8.31. The number of morpholine rings is 1. The average Bonchev–Trinajstić information content (AvgIpc) is 2.94. The molecule has 2 aliphatic heterocycles. The average molecular weight is 254 g/mol. The molecule has 3 heterocycles. The van der Waals surface area contributed by atoms with Crippen LogP contribution >= 0.6 is 11.5 Å². The molecule has 2 saturated heterocycles. The number of hydrogen-bond acceptors (Lipinski definition) is 6. The lowest BCUT2D eigenvalue weighted by molar-refractivity contribution is -0.0415. The van der Waals surface area contributed by atoms with Crippen LogP contribution in [0.3, 0.4) is 0 Å². The van der Waals surface area contributed by atoms with Gasteiger partial charge in [-0.15, -0.1) is 0 Å². The van der Waals surface area contributed by atoms with Gasteiger partial charge in [-0.25, -0.2) is 0 Å². The monoisotopic (exact) mass is 254 g/mol. The number of ether oxygens (including phenoxy) is 1. The molecule has 5 nitrogen and oxygen atoms in total. The zero-order chi connectivity index (χ0) is 11.7. The largest absolute Gasteiger partial charge is 0.383 e. The van der Waals surface area contributed by atoms with Gasteiger partial charge in [0.25, 0.3) is 0 Å². The summed E-state index contributed by atoms with van der Waals surface area (Å²) in [7, 11) is 0. The van der Waals surface area contributed by atoms with Gasteiger partial charge in [0, 0.05) is 25.2 Å². The highest BCUT2D eigenvalue weighted by Gasteiger charge is 2.31. The van der Waals surface area contributed by atoms with Crippen LogP contribution in [0.1, 0.15) is 12.8 Å². The molecule has 0 saturated carbocycles. The molecule has 0 aliphatic carbocycles. The van der Waals surface area contributed by atoms with Crippen LogP contribution in [0.5, 0.6) is 0 Å². The van der Waals surface area contributed by atoms with Crippen LogP contribution in [-0.4, -0.2) is 47.7 Å². The molecule has 94 valence electrons. The number of nitrogens with one attached hydrogen (secondary N) is 1. The summed E-state index contributed by atoms with van der Waals surface area (Å²) in [6.45, 7) is 4.01. The van der Waals surface area contributed by atoms with Gasteiger partial charge in [0.05, 0.1) is 12.7 Å². The standard InChI is InChI=1S/C11H18N4OS/c12-10-4-11(17-14-10)13-5-9-6-15-3-1-2-8(15)7-16-9/h4,8-9,13H,1-3,5-7H2,(H2,12,14). The molecule has 0 aromatic carbocycles. The second-order valence-corrected chi connectivity index (χ2v) is 5.55. The molecule has 2 atom stereocenters. The van der Waals surface area contributed by atoms with Crippen molar-refractivity contribution in [2.24, 2.45) is 0 Å². The van der Waals surface area contributed by atoms with Crippen molar-refractivity contribution in [1.82, 2.24) is 9.27 Å². The van der Waals surface area contributed by atoms with E-state index in [9.17, 15) is 0 Å². The topological polar surface area (TPSA) is 63.4 Å². The number of aromatic nitrogens is 1. The number of rotatable bonds is 3. The minimum Gasteiger partial charge on any atom is -0.383 e. The predicted octanol–water partition coefficient (Wildman–Crippen LogP) is 1.00. The van der Waals surface area contributed by atoms with Crippen molar-refractivity contribution in [1.29, 1.82) is 0 Å². The third-order valence-corrected chi connectivity index (χ3v) is 4.25. The Morgan fingerprint density at radius 2 is 2.59 bits per heavy atom. The third kappa shape index (κ3) is 2.53. The number of hydrogen-bond donors (Lipinski definition) is 2. The molecule has 2 unspecified atom stereocenters. The zero-order valence-corrected chi connectivity index (χ0v) is 10.6. The number of fused-ring (bicyclic) bond motifs is 1. The second kappa shape index (κ2) is 4.80. The van der Waals surface area contributed by atoms with Gasteiger partial charge < -0.3 is 15.8 Å². The Balaban J connectivity index is 1.49. The Morgan fingerprint density at radius 3 is 3.41 bits per heavy atom. The maximum atomic E-state index is 5.87. The molecule has 3 rings (SSSR count). The number of nitrogens with two attached hydrogens (primary N) is 1. The molecule has 2 fully saturated rings. The van der Waals surface area contributed by atoms with Gasteiger partial charge in [-0.05, 0) is 30.9 Å². The van der Waals surface area contributed by atoms with Crippen molar-refractivity contribution in [3.63, 3.8) is 0 Å². The molecule has 3 N–H and O–H groups in total. The first-order valence-electron chi connectivity index (χ1n) is 6.13. The third-order valence-electron chi connectivity index (χ3n) is 3.49. The maximum absolute atomic E-state index is 5.87. The van der Waals surface area contributed by atoms with Crippen LogP contribution < -0.4 is 11.1 Å². The fourth-order valence-electron chi connectivity index (χ4n) is 2.60. The normalized spacial score (nSPS) is 29.2. The molecule has 0 radical (unpaired) electrons. The lowest BCUT2D eigenvalue weighted by Gasteiger charge is -2.35. The van der Waals surface area contributed by atoms with Gasteiger partial charge in [-0.1, -0.05) is 0 Å². The molecular formula is C11H18N4OS. The van der Waals surface area contributed by atoms with Gasteiger partial charge in [-0.2, -0.15) is 4.37 Å². The molecule has 6 heteroatoms. The summed E-state index contributed by atoms with van der Waals surface area (Å²) in [5.41, 5.74) is 5.58. The van der Waals surface area contributed by atoms with E-state index < -0.39 is 0 Å². The minimum atomic E-state index is 0.285. The van der Waals surface area contributed by atoms with Crippen LogP contribution in [0, 0.1) is 0 Å². The molecule has 0 amide bonds. The van der Waals surface area contributed by atoms with E-state index in [-0.39, 0.29) is 6.10 Å².